The molecule has 25 heavy (non-hydrogen) atoms. The van der Waals surface area contributed by atoms with Gasteiger partial charge in [-0.3, -0.25) is 9.69 Å². The SMILES string of the molecule is COc1ccc(F)c(CN2CCC[C@@H](CNC(=O)c3cccs3)C2)c1. The van der Waals surface area contributed by atoms with Gasteiger partial charge in [-0.15, -0.1) is 11.3 Å². The van der Waals surface area contributed by atoms with Crippen LogP contribution in [0.5, 0.6) is 5.75 Å². The molecule has 1 amide bonds. The van der Waals surface area contributed by atoms with Gasteiger partial charge in [0.2, 0.25) is 0 Å². The second kappa shape index (κ2) is 8.45. The number of piperidine rings is 1. The van der Waals surface area contributed by atoms with Crippen LogP contribution >= 0.6 is 11.3 Å². The Bertz CT molecular complexity index is 705. The van der Waals surface area contributed by atoms with E-state index in [2.05, 4.69) is 10.2 Å². The fraction of sp³-hybridized carbons (Fsp3) is 0.421. The van der Waals surface area contributed by atoms with Gasteiger partial charge in [-0.25, -0.2) is 4.39 Å². The van der Waals surface area contributed by atoms with E-state index >= 15 is 0 Å². The van der Waals surface area contributed by atoms with E-state index in [1.54, 1.807) is 19.2 Å². The molecule has 6 heteroatoms. The molecule has 4 nitrogen and oxygen atoms in total. The van der Waals surface area contributed by atoms with Crippen molar-refractivity contribution in [2.45, 2.75) is 19.4 Å². The maximum Gasteiger partial charge on any atom is 0.261 e. The third-order valence-corrected chi connectivity index (χ3v) is 5.41. The van der Waals surface area contributed by atoms with Crippen molar-refractivity contribution in [2.75, 3.05) is 26.7 Å². The first kappa shape index (κ1) is 17.9. The summed E-state index contributed by atoms with van der Waals surface area (Å²) in [5.41, 5.74) is 0.655. The molecule has 2 heterocycles. The summed E-state index contributed by atoms with van der Waals surface area (Å²) < 4.78 is 19.2. The number of methoxy groups -OCH3 is 1. The van der Waals surface area contributed by atoms with E-state index in [0.29, 0.717) is 30.3 Å². The minimum Gasteiger partial charge on any atom is -0.497 e. The number of nitrogens with one attached hydrogen (secondary N) is 1. The molecule has 3 rings (SSSR count). The highest BCUT2D eigenvalue weighted by molar-refractivity contribution is 7.12. The summed E-state index contributed by atoms with van der Waals surface area (Å²) >= 11 is 1.45. The van der Waals surface area contributed by atoms with Gasteiger partial charge in [0, 0.05) is 25.2 Å². The number of rotatable bonds is 6. The molecule has 0 spiro atoms. The number of ether oxygens (including phenoxy) is 1. The lowest BCUT2D eigenvalue weighted by Gasteiger charge is -2.33. The number of benzene rings is 1. The molecular formula is C19H23FN2O2S. The van der Waals surface area contributed by atoms with Gasteiger partial charge in [0.05, 0.1) is 12.0 Å². The number of thiophene rings is 1. The van der Waals surface area contributed by atoms with Crippen LogP contribution in [-0.2, 0) is 6.54 Å². The van der Waals surface area contributed by atoms with Crippen molar-refractivity contribution in [3.63, 3.8) is 0 Å². The summed E-state index contributed by atoms with van der Waals surface area (Å²) in [5.74, 6) is 0.861. The highest BCUT2D eigenvalue weighted by Gasteiger charge is 2.22. The quantitative estimate of drug-likeness (QED) is 0.855. The zero-order chi connectivity index (χ0) is 17.6. The molecular weight excluding hydrogens is 339 g/mol. The number of halogens is 1. The van der Waals surface area contributed by atoms with Crippen molar-refractivity contribution in [1.29, 1.82) is 0 Å². The van der Waals surface area contributed by atoms with Gasteiger partial charge in [-0.2, -0.15) is 0 Å². The second-order valence-electron chi connectivity index (χ2n) is 6.39. The Kier molecular flexibility index (Phi) is 6.04. The molecule has 0 bridgehead atoms. The van der Waals surface area contributed by atoms with Crippen LogP contribution in [0.4, 0.5) is 4.39 Å². The normalized spacial score (nSPS) is 18.1. The van der Waals surface area contributed by atoms with Gasteiger partial charge in [0.1, 0.15) is 11.6 Å². The lowest BCUT2D eigenvalue weighted by Crippen LogP contribution is -2.40. The van der Waals surface area contributed by atoms with Crippen molar-refractivity contribution in [2.24, 2.45) is 5.92 Å². The third-order valence-electron chi connectivity index (χ3n) is 4.55. The van der Waals surface area contributed by atoms with Crippen LogP contribution in [0.2, 0.25) is 0 Å². The highest BCUT2D eigenvalue weighted by Crippen LogP contribution is 2.22. The van der Waals surface area contributed by atoms with E-state index in [1.807, 2.05) is 17.5 Å². The molecule has 0 unspecified atom stereocenters. The number of nitrogens with zero attached hydrogens (tertiary/aromatic N) is 1. The molecule has 1 aliphatic heterocycles. The molecule has 1 atom stereocenters. The standard InChI is InChI=1S/C19H23FN2O2S/c1-24-16-6-7-17(20)15(10-16)13-22-8-2-4-14(12-22)11-21-19(23)18-5-3-9-25-18/h3,5-7,9-10,14H,2,4,8,11-13H2,1H3,(H,21,23)/t14-/m0/s1. The number of carbonyl (C=O) groups excluding carboxylic acids is 1. The van der Waals surface area contributed by atoms with Gasteiger partial charge < -0.3 is 10.1 Å². The van der Waals surface area contributed by atoms with Gasteiger partial charge >= 0.3 is 0 Å². The first-order valence-corrected chi connectivity index (χ1v) is 9.40. The number of likely N-dealkylation sites (tertiary alicyclic amines) is 1. The van der Waals surface area contributed by atoms with Gasteiger partial charge in [0.15, 0.2) is 0 Å². The number of hydrogen-bond acceptors (Lipinski definition) is 4. The summed E-state index contributed by atoms with van der Waals surface area (Å²) in [4.78, 5) is 15.1. The average Bonchev–Trinajstić information content (AvgIpc) is 3.17. The topological polar surface area (TPSA) is 41.6 Å². The Labute approximate surface area is 151 Å². The van der Waals surface area contributed by atoms with Gasteiger partial charge in [-0.05, 0) is 54.9 Å². The fourth-order valence-electron chi connectivity index (χ4n) is 3.23. The van der Waals surface area contributed by atoms with Crippen LogP contribution in [-0.4, -0.2) is 37.6 Å². The van der Waals surface area contributed by atoms with E-state index in [-0.39, 0.29) is 11.7 Å². The van der Waals surface area contributed by atoms with Gasteiger partial charge in [0.25, 0.3) is 5.91 Å². The summed E-state index contributed by atoms with van der Waals surface area (Å²) in [5, 5.41) is 4.92. The first-order chi connectivity index (χ1) is 12.2. The Morgan fingerprint density at radius 2 is 2.32 bits per heavy atom. The molecule has 134 valence electrons. The van der Waals surface area contributed by atoms with Crippen LogP contribution in [0, 0.1) is 11.7 Å². The van der Waals surface area contributed by atoms with E-state index in [4.69, 9.17) is 4.74 Å². The summed E-state index contributed by atoms with van der Waals surface area (Å²) in [6.45, 7) is 3.04. The summed E-state index contributed by atoms with van der Waals surface area (Å²) in [6, 6.07) is 8.57. The smallest absolute Gasteiger partial charge is 0.261 e. The van der Waals surface area contributed by atoms with Crippen molar-refractivity contribution in [1.82, 2.24) is 10.2 Å². The lowest BCUT2D eigenvalue weighted by atomic mass is 9.97. The Hall–Kier alpha value is -1.92. The minimum absolute atomic E-state index is 0.00837. The number of hydrogen-bond donors (Lipinski definition) is 1. The molecule has 1 N–H and O–H groups in total. The monoisotopic (exact) mass is 362 g/mol. The van der Waals surface area contributed by atoms with Crippen LogP contribution in [0.15, 0.2) is 35.7 Å². The maximum absolute atomic E-state index is 14.0. The fourth-order valence-corrected chi connectivity index (χ4v) is 3.87. The van der Waals surface area contributed by atoms with Crippen LogP contribution < -0.4 is 10.1 Å². The molecule has 1 fully saturated rings. The van der Waals surface area contributed by atoms with Crippen molar-refractivity contribution >= 4 is 17.2 Å². The molecule has 0 saturated carbocycles. The van der Waals surface area contributed by atoms with Gasteiger partial charge in [-0.1, -0.05) is 6.07 Å². The molecule has 1 aromatic carbocycles. The molecule has 0 aliphatic carbocycles. The third kappa shape index (κ3) is 4.80. The maximum atomic E-state index is 14.0. The van der Waals surface area contributed by atoms with Crippen LogP contribution in [0.1, 0.15) is 28.1 Å². The lowest BCUT2D eigenvalue weighted by molar-refractivity contribution is 0.0934. The van der Waals surface area contributed by atoms with E-state index in [9.17, 15) is 9.18 Å². The number of carbonyl (C=O) groups is 1. The van der Waals surface area contributed by atoms with E-state index in [1.165, 1.54) is 17.4 Å². The summed E-state index contributed by atoms with van der Waals surface area (Å²) in [7, 11) is 1.59. The van der Waals surface area contributed by atoms with Crippen LogP contribution in [0.25, 0.3) is 0 Å². The molecule has 2 aromatic rings. The van der Waals surface area contributed by atoms with E-state index < -0.39 is 0 Å². The second-order valence-corrected chi connectivity index (χ2v) is 7.34. The van der Waals surface area contributed by atoms with Crippen molar-refractivity contribution in [3.05, 3.63) is 52.0 Å². The Morgan fingerprint density at radius 3 is 3.08 bits per heavy atom. The predicted octanol–water partition coefficient (Wildman–Crippen LogP) is 3.54. The Morgan fingerprint density at radius 1 is 1.44 bits per heavy atom. The summed E-state index contributed by atoms with van der Waals surface area (Å²) in [6.07, 6.45) is 2.15. The zero-order valence-corrected chi connectivity index (χ0v) is 15.2. The first-order valence-electron chi connectivity index (χ1n) is 8.52. The Balaban J connectivity index is 1.53. The molecule has 0 radical (unpaired) electrons. The average molecular weight is 362 g/mol. The van der Waals surface area contributed by atoms with Crippen molar-refractivity contribution < 1.29 is 13.9 Å². The van der Waals surface area contributed by atoms with Crippen molar-refractivity contribution in [3.8, 4) is 5.75 Å². The largest absolute Gasteiger partial charge is 0.497 e. The zero-order valence-electron chi connectivity index (χ0n) is 14.3. The number of amides is 1. The highest BCUT2D eigenvalue weighted by atomic mass is 32.1. The van der Waals surface area contributed by atoms with Crippen LogP contribution in [0.3, 0.4) is 0 Å². The predicted molar refractivity (Wildman–Crippen MR) is 97.6 cm³/mol. The molecule has 1 aliphatic rings. The minimum atomic E-state index is -0.200. The molecule has 1 aromatic heterocycles. The molecule has 1 saturated heterocycles. The van der Waals surface area contributed by atoms with E-state index in [0.717, 1.165) is 30.8 Å².